The molecule has 6 heteroatoms. The number of ether oxygens (including phenoxy) is 2. The van der Waals surface area contributed by atoms with Gasteiger partial charge in [0.05, 0.1) is 13.2 Å². The van der Waals surface area contributed by atoms with E-state index in [1.165, 1.54) is 12.8 Å². The number of halogens is 1. The molecule has 1 aliphatic rings. The third kappa shape index (κ3) is 5.87. The van der Waals surface area contributed by atoms with E-state index >= 15 is 0 Å². The molecule has 2 N–H and O–H groups in total. The van der Waals surface area contributed by atoms with Crippen LogP contribution >= 0.6 is 12.4 Å². The summed E-state index contributed by atoms with van der Waals surface area (Å²) in [5.74, 6) is 1.24. The molecular formula is C18H29ClN2O3. The Labute approximate surface area is 150 Å². The van der Waals surface area contributed by atoms with Crippen molar-refractivity contribution < 1.29 is 14.3 Å². The number of methoxy groups -OCH3 is 1. The van der Waals surface area contributed by atoms with Gasteiger partial charge in [-0.15, -0.1) is 12.4 Å². The van der Waals surface area contributed by atoms with Crippen molar-refractivity contribution in [1.29, 1.82) is 0 Å². The molecule has 1 saturated carbocycles. The lowest BCUT2D eigenvalue weighted by atomic mass is 10.1. The Hall–Kier alpha value is -1.46. The molecule has 0 aliphatic heterocycles. The van der Waals surface area contributed by atoms with E-state index in [4.69, 9.17) is 9.47 Å². The quantitative estimate of drug-likeness (QED) is 0.751. The van der Waals surface area contributed by atoms with Gasteiger partial charge in [-0.05, 0) is 57.4 Å². The molecule has 0 radical (unpaired) electrons. The Bertz CT molecular complexity index is 519. The van der Waals surface area contributed by atoms with Crippen LogP contribution in [-0.2, 0) is 0 Å². The predicted molar refractivity (Wildman–Crippen MR) is 98.6 cm³/mol. The van der Waals surface area contributed by atoms with E-state index < -0.39 is 0 Å². The Kier molecular flexibility index (Phi) is 8.93. The van der Waals surface area contributed by atoms with Gasteiger partial charge in [0.25, 0.3) is 5.91 Å². The van der Waals surface area contributed by atoms with E-state index in [-0.39, 0.29) is 30.5 Å². The molecule has 2 rings (SSSR count). The summed E-state index contributed by atoms with van der Waals surface area (Å²) in [5.41, 5.74) is 0.587. The first-order valence-electron chi connectivity index (χ1n) is 8.50. The molecule has 1 aromatic carbocycles. The average molecular weight is 357 g/mol. The van der Waals surface area contributed by atoms with Gasteiger partial charge in [-0.3, -0.25) is 4.79 Å². The van der Waals surface area contributed by atoms with Gasteiger partial charge < -0.3 is 20.1 Å². The Morgan fingerprint density at radius 1 is 1.29 bits per heavy atom. The Morgan fingerprint density at radius 2 is 2.00 bits per heavy atom. The zero-order chi connectivity index (χ0) is 16.7. The van der Waals surface area contributed by atoms with Crippen LogP contribution in [0.25, 0.3) is 0 Å². The number of amides is 1. The van der Waals surface area contributed by atoms with Gasteiger partial charge in [0.1, 0.15) is 0 Å². The van der Waals surface area contributed by atoms with Crippen LogP contribution in [0.3, 0.4) is 0 Å². The maximum Gasteiger partial charge on any atom is 0.251 e. The van der Waals surface area contributed by atoms with Gasteiger partial charge >= 0.3 is 0 Å². The van der Waals surface area contributed by atoms with Crippen molar-refractivity contribution in [3.63, 3.8) is 0 Å². The molecule has 1 fully saturated rings. The standard InChI is InChI=1S/C18H28N2O3.ClH/c1-4-19-13(2)12-20-18(21)14-9-10-16(17(11-14)22-3)23-15-7-5-6-8-15;/h9-11,13,15,19H,4-8,12H2,1-3H3,(H,20,21);1H/t13-;/m1./s1. The van der Waals surface area contributed by atoms with E-state index in [2.05, 4.69) is 10.6 Å². The van der Waals surface area contributed by atoms with Gasteiger partial charge in [-0.25, -0.2) is 0 Å². The second-order valence-corrected chi connectivity index (χ2v) is 6.06. The van der Waals surface area contributed by atoms with Crippen LogP contribution in [0, 0.1) is 0 Å². The molecule has 1 amide bonds. The number of rotatable bonds is 8. The van der Waals surface area contributed by atoms with Gasteiger partial charge in [0, 0.05) is 18.2 Å². The SMILES string of the molecule is CCN[C@H](C)CNC(=O)c1ccc(OC2CCCC2)c(OC)c1.Cl. The molecule has 1 aromatic rings. The van der Waals surface area contributed by atoms with Crippen molar-refractivity contribution in [3.05, 3.63) is 23.8 Å². The summed E-state index contributed by atoms with van der Waals surface area (Å²) >= 11 is 0. The summed E-state index contributed by atoms with van der Waals surface area (Å²) in [7, 11) is 1.60. The van der Waals surface area contributed by atoms with Crippen molar-refractivity contribution >= 4 is 18.3 Å². The van der Waals surface area contributed by atoms with Crippen molar-refractivity contribution in [3.8, 4) is 11.5 Å². The second kappa shape index (κ2) is 10.4. The third-order valence-electron chi connectivity index (χ3n) is 4.14. The number of carbonyl (C=O) groups is 1. The van der Waals surface area contributed by atoms with Crippen molar-refractivity contribution in [1.82, 2.24) is 10.6 Å². The number of nitrogens with one attached hydrogen (secondary N) is 2. The fourth-order valence-corrected chi connectivity index (χ4v) is 2.86. The first-order valence-corrected chi connectivity index (χ1v) is 8.50. The molecule has 0 unspecified atom stereocenters. The zero-order valence-corrected chi connectivity index (χ0v) is 15.6. The highest BCUT2D eigenvalue weighted by molar-refractivity contribution is 5.94. The van der Waals surface area contributed by atoms with Crippen molar-refractivity contribution in [2.45, 2.75) is 51.7 Å². The summed E-state index contributed by atoms with van der Waals surface area (Å²) in [4.78, 5) is 12.2. The third-order valence-corrected chi connectivity index (χ3v) is 4.14. The molecule has 1 aliphatic carbocycles. The molecule has 0 heterocycles. The smallest absolute Gasteiger partial charge is 0.251 e. The molecule has 136 valence electrons. The number of carbonyl (C=O) groups excluding carboxylic acids is 1. The lowest BCUT2D eigenvalue weighted by Gasteiger charge is -2.17. The minimum atomic E-state index is -0.0968. The predicted octanol–water partition coefficient (Wildman–Crippen LogP) is 3.17. The van der Waals surface area contributed by atoms with Crippen LogP contribution in [0.5, 0.6) is 11.5 Å². The lowest BCUT2D eigenvalue weighted by molar-refractivity contribution is 0.0949. The molecule has 0 bridgehead atoms. The van der Waals surface area contributed by atoms with Gasteiger partial charge in [-0.2, -0.15) is 0 Å². The molecule has 5 nitrogen and oxygen atoms in total. The minimum Gasteiger partial charge on any atom is -0.493 e. The summed E-state index contributed by atoms with van der Waals surface area (Å²) in [6.07, 6.45) is 4.89. The molecule has 24 heavy (non-hydrogen) atoms. The Balaban J connectivity index is 0.00000288. The number of likely N-dealkylation sites (N-methyl/N-ethyl adjacent to an activating group) is 1. The van der Waals surface area contributed by atoms with E-state index in [9.17, 15) is 4.79 Å². The van der Waals surface area contributed by atoms with Crippen LogP contribution in [0.15, 0.2) is 18.2 Å². The maximum atomic E-state index is 12.2. The van der Waals surface area contributed by atoms with Crippen LogP contribution in [0.1, 0.15) is 49.9 Å². The summed E-state index contributed by atoms with van der Waals surface area (Å²) in [5, 5.41) is 6.19. The highest BCUT2D eigenvalue weighted by Crippen LogP contribution is 2.32. The molecule has 0 spiro atoms. The fourth-order valence-electron chi connectivity index (χ4n) is 2.86. The van der Waals surface area contributed by atoms with Crippen molar-refractivity contribution in [2.75, 3.05) is 20.2 Å². The van der Waals surface area contributed by atoms with E-state index in [0.29, 0.717) is 17.9 Å². The Morgan fingerprint density at radius 3 is 2.62 bits per heavy atom. The minimum absolute atomic E-state index is 0. The number of hydrogen-bond acceptors (Lipinski definition) is 4. The molecule has 0 saturated heterocycles. The first-order chi connectivity index (χ1) is 11.1. The van der Waals surface area contributed by atoms with E-state index in [1.54, 1.807) is 19.2 Å². The first kappa shape index (κ1) is 20.6. The monoisotopic (exact) mass is 356 g/mol. The van der Waals surface area contributed by atoms with Gasteiger partial charge in [0.15, 0.2) is 11.5 Å². The molecule has 1 atom stereocenters. The average Bonchev–Trinajstić information content (AvgIpc) is 3.06. The summed E-state index contributed by atoms with van der Waals surface area (Å²) < 4.78 is 11.4. The lowest BCUT2D eigenvalue weighted by Crippen LogP contribution is -2.38. The van der Waals surface area contributed by atoms with Gasteiger partial charge in [-0.1, -0.05) is 6.92 Å². The number of benzene rings is 1. The largest absolute Gasteiger partial charge is 0.493 e. The maximum absolute atomic E-state index is 12.2. The second-order valence-electron chi connectivity index (χ2n) is 6.06. The van der Waals surface area contributed by atoms with Crippen LogP contribution in [-0.4, -0.2) is 38.3 Å². The van der Waals surface area contributed by atoms with Crippen LogP contribution < -0.4 is 20.1 Å². The summed E-state index contributed by atoms with van der Waals surface area (Å²) in [6, 6.07) is 5.62. The topological polar surface area (TPSA) is 59.6 Å². The normalized spacial score (nSPS) is 15.5. The highest BCUT2D eigenvalue weighted by Gasteiger charge is 2.19. The fraction of sp³-hybridized carbons (Fsp3) is 0.611. The van der Waals surface area contributed by atoms with Gasteiger partial charge in [0.2, 0.25) is 0 Å². The highest BCUT2D eigenvalue weighted by atomic mass is 35.5. The van der Waals surface area contributed by atoms with Crippen LogP contribution in [0.2, 0.25) is 0 Å². The van der Waals surface area contributed by atoms with Crippen LogP contribution in [0.4, 0.5) is 0 Å². The number of hydrogen-bond donors (Lipinski definition) is 2. The summed E-state index contributed by atoms with van der Waals surface area (Å²) in [6.45, 7) is 5.57. The zero-order valence-electron chi connectivity index (χ0n) is 14.8. The van der Waals surface area contributed by atoms with Crippen molar-refractivity contribution in [2.24, 2.45) is 0 Å². The molecular weight excluding hydrogens is 328 g/mol. The molecule has 0 aromatic heterocycles. The van der Waals surface area contributed by atoms with E-state index in [1.807, 2.05) is 19.9 Å². The van der Waals surface area contributed by atoms with E-state index in [0.717, 1.165) is 25.1 Å².